The molecule has 0 radical (unpaired) electrons. The predicted molar refractivity (Wildman–Crippen MR) is 107 cm³/mol. The zero-order valence-corrected chi connectivity index (χ0v) is 18.2. The summed E-state index contributed by atoms with van der Waals surface area (Å²) in [6.07, 6.45) is 8.17. The first kappa shape index (κ1) is 22.0. The minimum atomic E-state index is -0.502. The second-order valence-electron chi connectivity index (χ2n) is 10.7. The maximum atomic E-state index is 12.5. The molecule has 0 bridgehead atoms. The van der Waals surface area contributed by atoms with Crippen molar-refractivity contribution in [1.82, 2.24) is 0 Å². The molecule has 0 aromatic carbocycles. The Hall–Kier alpha value is -0.680. The van der Waals surface area contributed by atoms with Gasteiger partial charge in [0.15, 0.2) is 6.10 Å². The van der Waals surface area contributed by atoms with Crippen molar-refractivity contribution in [3.8, 4) is 0 Å². The van der Waals surface area contributed by atoms with Crippen LogP contribution in [0.2, 0.25) is 0 Å². The largest absolute Gasteiger partial charge is 0.457 e. The Kier molecular flexibility index (Phi) is 7.07. The lowest BCUT2D eigenvalue weighted by Gasteiger charge is -2.33. The van der Waals surface area contributed by atoms with Crippen LogP contribution in [-0.4, -0.2) is 43.7 Å². The lowest BCUT2D eigenvalue weighted by molar-refractivity contribution is -0.160. The molecule has 4 nitrogen and oxygen atoms in total. The summed E-state index contributed by atoms with van der Waals surface area (Å²) < 4.78 is 29.4. The molecule has 2 aliphatic heterocycles. The molecule has 2 saturated carbocycles. The van der Waals surface area contributed by atoms with Gasteiger partial charge < -0.3 is 14.2 Å². The van der Waals surface area contributed by atoms with Gasteiger partial charge in [0.1, 0.15) is 12.3 Å². The number of rotatable bonds is 2. The van der Waals surface area contributed by atoms with Crippen molar-refractivity contribution in [2.75, 3.05) is 13.2 Å². The number of fused-ring (bicyclic) bond motifs is 1. The van der Waals surface area contributed by atoms with Crippen LogP contribution in [0.15, 0.2) is 0 Å². The third kappa shape index (κ3) is 5.91. The van der Waals surface area contributed by atoms with Crippen molar-refractivity contribution in [3.63, 3.8) is 0 Å². The molecule has 0 aromatic rings. The van der Waals surface area contributed by atoms with E-state index in [0.29, 0.717) is 17.4 Å². The maximum absolute atomic E-state index is 12.5. The summed E-state index contributed by atoms with van der Waals surface area (Å²) >= 11 is 0. The van der Waals surface area contributed by atoms with E-state index in [1.165, 1.54) is 0 Å². The van der Waals surface area contributed by atoms with Gasteiger partial charge in [-0.05, 0) is 68.6 Å². The van der Waals surface area contributed by atoms with Gasteiger partial charge >= 0.3 is 5.97 Å². The van der Waals surface area contributed by atoms with Crippen LogP contribution in [-0.2, 0) is 19.0 Å². The molecule has 2 aliphatic carbocycles. The molecule has 2 heterocycles. The standard InChI is InChI=1S/C15H24O4.C8H15F/c1-15(2)6-3-10(4-7-15)14(16)19-12-9-18-11-5-8-17-13(11)12;1-8(2)5-3-7(9)4-6-8/h10-13H,3-9H2,1-2H3;7H,3-6H2,1-2H3/t11-,12?,13+;/m1./s1. The topological polar surface area (TPSA) is 44.8 Å². The highest BCUT2D eigenvalue weighted by atomic mass is 19.1. The van der Waals surface area contributed by atoms with Crippen molar-refractivity contribution in [3.05, 3.63) is 0 Å². The highest BCUT2D eigenvalue weighted by Crippen LogP contribution is 2.39. The van der Waals surface area contributed by atoms with E-state index in [0.717, 1.165) is 64.4 Å². The summed E-state index contributed by atoms with van der Waals surface area (Å²) in [6.45, 7) is 10.2. The van der Waals surface area contributed by atoms with Gasteiger partial charge in [-0.15, -0.1) is 0 Å². The van der Waals surface area contributed by atoms with E-state index in [1.807, 2.05) is 0 Å². The third-order valence-electron chi connectivity index (χ3n) is 7.13. The smallest absolute Gasteiger partial charge is 0.309 e. The Bertz CT molecular complexity index is 513. The highest BCUT2D eigenvalue weighted by Gasteiger charge is 2.45. The molecule has 4 aliphatic rings. The number of esters is 1. The van der Waals surface area contributed by atoms with Gasteiger partial charge in [0.25, 0.3) is 0 Å². The number of alkyl halides is 1. The van der Waals surface area contributed by atoms with E-state index in [9.17, 15) is 9.18 Å². The second kappa shape index (κ2) is 8.99. The maximum Gasteiger partial charge on any atom is 0.309 e. The first-order valence-electron chi connectivity index (χ1n) is 11.2. The normalized spacial score (nSPS) is 35.0. The number of carbonyl (C=O) groups excluding carboxylic acids is 1. The Labute approximate surface area is 169 Å². The lowest BCUT2D eigenvalue weighted by atomic mass is 9.73. The fourth-order valence-electron chi connectivity index (χ4n) is 4.78. The SMILES string of the molecule is CC1(C)CCC(C(=O)OC2CO[C@@H]3CCO[C@H]23)CC1.CC1(C)CCC(F)CC1. The van der Waals surface area contributed by atoms with Gasteiger partial charge in [0, 0.05) is 6.61 Å². The number of hydrogen-bond donors (Lipinski definition) is 0. The van der Waals surface area contributed by atoms with E-state index in [1.54, 1.807) is 0 Å². The molecule has 0 spiro atoms. The molecule has 4 fully saturated rings. The molecule has 0 amide bonds. The van der Waals surface area contributed by atoms with E-state index in [2.05, 4.69) is 27.7 Å². The number of ether oxygens (including phenoxy) is 3. The molecule has 162 valence electrons. The minimum absolute atomic E-state index is 0.0241. The zero-order valence-electron chi connectivity index (χ0n) is 18.2. The Morgan fingerprint density at radius 3 is 2.04 bits per heavy atom. The van der Waals surface area contributed by atoms with Crippen LogP contribution in [0.5, 0.6) is 0 Å². The second-order valence-corrected chi connectivity index (χ2v) is 10.7. The van der Waals surface area contributed by atoms with Crippen LogP contribution < -0.4 is 0 Å². The average Bonchev–Trinajstić information content (AvgIpc) is 3.23. The molecule has 28 heavy (non-hydrogen) atoms. The summed E-state index contributed by atoms with van der Waals surface area (Å²) in [6, 6.07) is 0. The highest BCUT2D eigenvalue weighted by molar-refractivity contribution is 5.72. The summed E-state index contributed by atoms with van der Waals surface area (Å²) in [5, 5.41) is 0. The van der Waals surface area contributed by atoms with E-state index in [4.69, 9.17) is 14.2 Å². The quantitative estimate of drug-likeness (QED) is 0.598. The molecule has 0 aromatic heterocycles. The van der Waals surface area contributed by atoms with Gasteiger partial charge in [-0.25, -0.2) is 4.39 Å². The minimum Gasteiger partial charge on any atom is -0.457 e. The summed E-state index contributed by atoms with van der Waals surface area (Å²) in [5.41, 5.74) is 0.801. The molecule has 5 heteroatoms. The van der Waals surface area contributed by atoms with Crippen LogP contribution in [0.1, 0.15) is 85.5 Å². The molecule has 2 saturated heterocycles. The van der Waals surface area contributed by atoms with Crippen LogP contribution in [0.25, 0.3) is 0 Å². The monoisotopic (exact) mass is 398 g/mol. The van der Waals surface area contributed by atoms with E-state index < -0.39 is 6.17 Å². The summed E-state index contributed by atoms with van der Waals surface area (Å²) in [7, 11) is 0. The van der Waals surface area contributed by atoms with Crippen molar-refractivity contribution in [2.24, 2.45) is 16.7 Å². The predicted octanol–water partition coefficient (Wildman–Crippen LogP) is 5.23. The summed E-state index contributed by atoms with van der Waals surface area (Å²) in [5.74, 6) is 0.0359. The number of hydrogen-bond acceptors (Lipinski definition) is 4. The van der Waals surface area contributed by atoms with E-state index in [-0.39, 0.29) is 30.2 Å². The summed E-state index contributed by atoms with van der Waals surface area (Å²) in [4.78, 5) is 12.2. The molecular formula is C23H39FO4. The first-order valence-corrected chi connectivity index (χ1v) is 11.2. The number of halogens is 1. The molecule has 4 rings (SSSR count). The van der Waals surface area contributed by atoms with Gasteiger partial charge in [-0.1, -0.05) is 27.7 Å². The fraction of sp³-hybridized carbons (Fsp3) is 0.957. The molecule has 0 N–H and O–H groups in total. The average molecular weight is 399 g/mol. The van der Waals surface area contributed by atoms with Gasteiger partial charge in [-0.3, -0.25) is 4.79 Å². The number of carbonyl (C=O) groups is 1. The van der Waals surface area contributed by atoms with Crippen LogP contribution in [0.4, 0.5) is 4.39 Å². The molecular weight excluding hydrogens is 359 g/mol. The zero-order chi connectivity index (χ0) is 20.4. The Morgan fingerprint density at radius 1 is 0.893 bits per heavy atom. The first-order chi connectivity index (χ1) is 13.2. The van der Waals surface area contributed by atoms with Crippen LogP contribution in [0, 0.1) is 16.7 Å². The molecule has 3 atom stereocenters. The lowest BCUT2D eigenvalue weighted by Crippen LogP contribution is -2.35. The fourth-order valence-corrected chi connectivity index (χ4v) is 4.78. The van der Waals surface area contributed by atoms with Crippen LogP contribution >= 0.6 is 0 Å². The van der Waals surface area contributed by atoms with E-state index >= 15 is 0 Å². The molecule has 1 unspecified atom stereocenters. The van der Waals surface area contributed by atoms with Gasteiger partial charge in [0.2, 0.25) is 0 Å². The van der Waals surface area contributed by atoms with Crippen molar-refractivity contribution in [1.29, 1.82) is 0 Å². The Balaban J connectivity index is 0.000000211. The van der Waals surface area contributed by atoms with Crippen molar-refractivity contribution >= 4 is 5.97 Å². The van der Waals surface area contributed by atoms with Crippen molar-refractivity contribution < 1.29 is 23.4 Å². The van der Waals surface area contributed by atoms with Gasteiger partial charge in [0.05, 0.1) is 18.6 Å². The van der Waals surface area contributed by atoms with Crippen molar-refractivity contribution in [2.45, 2.75) is 110 Å². The Morgan fingerprint density at radius 2 is 1.46 bits per heavy atom. The third-order valence-corrected chi connectivity index (χ3v) is 7.13. The van der Waals surface area contributed by atoms with Gasteiger partial charge in [-0.2, -0.15) is 0 Å². The van der Waals surface area contributed by atoms with Crippen LogP contribution in [0.3, 0.4) is 0 Å².